The fraction of sp³-hybridized carbons (Fsp3) is 0. The molecule has 0 aliphatic carbocycles. The smallest absolute Gasteiger partial charge is 0.342 e. The zero-order valence-electron chi connectivity index (χ0n) is 8.50. The van der Waals surface area contributed by atoms with Crippen molar-refractivity contribution in [3.63, 3.8) is 0 Å². The fourth-order valence-corrected chi connectivity index (χ4v) is 1.34. The molecule has 1 N–H and O–H groups in total. The van der Waals surface area contributed by atoms with E-state index in [0.717, 1.165) is 12.5 Å². The minimum atomic E-state index is -1.37. The molecule has 0 fully saturated rings. The molecule has 0 unspecified atom stereocenters. The largest absolute Gasteiger partial charge is 0.477 e. The van der Waals surface area contributed by atoms with E-state index in [1.165, 1.54) is 22.8 Å². The minimum Gasteiger partial charge on any atom is -0.477 e. The summed E-state index contributed by atoms with van der Waals surface area (Å²) in [5.74, 6) is -1.83. The molecule has 6 heteroatoms. The van der Waals surface area contributed by atoms with Crippen LogP contribution in [0.1, 0.15) is 10.4 Å². The summed E-state index contributed by atoms with van der Waals surface area (Å²) in [5.41, 5.74) is -0.901. The lowest BCUT2D eigenvalue weighted by atomic mass is 10.3. The molecule has 17 heavy (non-hydrogen) atoms. The topological polar surface area (TPSA) is 72.2 Å². The number of carboxylic acid groups (broad SMARTS) is 1. The van der Waals surface area contributed by atoms with Crippen LogP contribution in [0.4, 0.5) is 4.39 Å². The van der Waals surface area contributed by atoms with Crippen LogP contribution in [0, 0.1) is 5.82 Å². The van der Waals surface area contributed by atoms with Gasteiger partial charge in [0.05, 0.1) is 0 Å². The third kappa shape index (κ3) is 2.20. The van der Waals surface area contributed by atoms with Crippen LogP contribution in [0.15, 0.2) is 41.6 Å². The van der Waals surface area contributed by atoms with Crippen LogP contribution in [0.5, 0.6) is 0 Å². The quantitative estimate of drug-likeness (QED) is 0.843. The monoisotopic (exact) mass is 234 g/mol. The van der Waals surface area contributed by atoms with Crippen molar-refractivity contribution < 1.29 is 14.3 Å². The second-order valence-corrected chi connectivity index (χ2v) is 3.28. The van der Waals surface area contributed by atoms with Gasteiger partial charge in [0.25, 0.3) is 5.56 Å². The molecule has 0 amide bonds. The van der Waals surface area contributed by atoms with Crippen molar-refractivity contribution in [2.24, 2.45) is 0 Å². The van der Waals surface area contributed by atoms with Crippen molar-refractivity contribution in [3.8, 4) is 5.69 Å². The van der Waals surface area contributed by atoms with Gasteiger partial charge in [-0.15, -0.1) is 0 Å². The predicted octanol–water partition coefficient (Wildman–Crippen LogP) is 1.07. The van der Waals surface area contributed by atoms with Crippen molar-refractivity contribution in [1.82, 2.24) is 9.55 Å². The van der Waals surface area contributed by atoms with Crippen LogP contribution < -0.4 is 5.56 Å². The SMILES string of the molecule is O=C(O)c1cn(-c2cccc(F)c2)cnc1=O. The Morgan fingerprint density at radius 3 is 2.82 bits per heavy atom. The maximum absolute atomic E-state index is 13.0. The fourth-order valence-electron chi connectivity index (χ4n) is 1.34. The van der Waals surface area contributed by atoms with Crippen molar-refractivity contribution in [2.45, 2.75) is 0 Å². The van der Waals surface area contributed by atoms with Gasteiger partial charge in [-0.3, -0.25) is 4.79 Å². The average Bonchev–Trinajstić information content (AvgIpc) is 2.29. The van der Waals surface area contributed by atoms with Crippen LogP contribution in [0.3, 0.4) is 0 Å². The average molecular weight is 234 g/mol. The zero-order chi connectivity index (χ0) is 12.4. The van der Waals surface area contributed by atoms with E-state index in [0.29, 0.717) is 5.69 Å². The van der Waals surface area contributed by atoms with Gasteiger partial charge in [-0.1, -0.05) is 6.07 Å². The Morgan fingerprint density at radius 1 is 1.41 bits per heavy atom. The highest BCUT2D eigenvalue weighted by Gasteiger charge is 2.10. The summed E-state index contributed by atoms with van der Waals surface area (Å²) in [6.07, 6.45) is 2.25. The van der Waals surface area contributed by atoms with E-state index in [1.54, 1.807) is 6.07 Å². The molecule has 2 rings (SSSR count). The Balaban J connectivity index is 2.58. The lowest BCUT2D eigenvalue weighted by Gasteiger charge is -2.05. The molecule has 0 spiro atoms. The first-order chi connectivity index (χ1) is 8.08. The first-order valence-electron chi connectivity index (χ1n) is 4.65. The van der Waals surface area contributed by atoms with Gasteiger partial charge in [0, 0.05) is 11.9 Å². The normalized spacial score (nSPS) is 10.2. The molecule has 0 saturated heterocycles. The molecule has 1 aromatic heterocycles. The van der Waals surface area contributed by atoms with Gasteiger partial charge < -0.3 is 9.67 Å². The number of benzene rings is 1. The van der Waals surface area contributed by atoms with E-state index >= 15 is 0 Å². The highest BCUT2D eigenvalue weighted by atomic mass is 19.1. The predicted molar refractivity (Wildman–Crippen MR) is 56.8 cm³/mol. The summed E-state index contributed by atoms with van der Waals surface area (Å²) in [7, 11) is 0. The standard InChI is InChI=1S/C11H7FN2O3/c12-7-2-1-3-8(4-7)14-5-9(11(16)17)10(15)13-6-14/h1-6H,(H,16,17). The molecular formula is C11H7FN2O3. The molecule has 0 radical (unpaired) electrons. The Hall–Kier alpha value is -2.50. The van der Waals surface area contributed by atoms with Gasteiger partial charge in [0.1, 0.15) is 17.7 Å². The number of aromatic carboxylic acids is 1. The number of hydrogen-bond acceptors (Lipinski definition) is 3. The highest BCUT2D eigenvalue weighted by molar-refractivity contribution is 5.86. The molecule has 0 bridgehead atoms. The van der Waals surface area contributed by atoms with E-state index in [1.807, 2.05) is 0 Å². The van der Waals surface area contributed by atoms with Gasteiger partial charge in [-0.05, 0) is 18.2 Å². The minimum absolute atomic E-state index is 0.389. The molecule has 0 aliphatic rings. The molecule has 5 nitrogen and oxygen atoms in total. The van der Waals surface area contributed by atoms with E-state index in [-0.39, 0.29) is 0 Å². The first kappa shape index (κ1) is 11.0. The van der Waals surface area contributed by atoms with Crippen molar-refractivity contribution >= 4 is 5.97 Å². The maximum Gasteiger partial charge on any atom is 0.342 e. The summed E-state index contributed by atoms with van der Waals surface area (Å²) >= 11 is 0. The Labute approximate surface area is 94.8 Å². The summed E-state index contributed by atoms with van der Waals surface area (Å²) < 4.78 is 14.3. The van der Waals surface area contributed by atoms with Crippen molar-refractivity contribution in [2.75, 3.05) is 0 Å². The number of nitrogens with zero attached hydrogens (tertiary/aromatic N) is 2. The lowest BCUT2D eigenvalue weighted by Crippen LogP contribution is -2.19. The summed E-state index contributed by atoms with van der Waals surface area (Å²) in [6, 6.07) is 5.51. The van der Waals surface area contributed by atoms with Gasteiger partial charge in [0.15, 0.2) is 0 Å². The Morgan fingerprint density at radius 2 is 2.18 bits per heavy atom. The molecule has 1 heterocycles. The second-order valence-electron chi connectivity index (χ2n) is 3.28. The summed E-state index contributed by atoms with van der Waals surface area (Å²) in [6.45, 7) is 0. The van der Waals surface area contributed by atoms with Gasteiger partial charge >= 0.3 is 5.97 Å². The number of rotatable bonds is 2. The van der Waals surface area contributed by atoms with Crippen molar-refractivity contribution in [3.05, 3.63) is 58.5 Å². The van der Waals surface area contributed by atoms with E-state index in [9.17, 15) is 14.0 Å². The van der Waals surface area contributed by atoms with Crippen LogP contribution in [0.2, 0.25) is 0 Å². The van der Waals surface area contributed by atoms with Crippen molar-refractivity contribution in [1.29, 1.82) is 0 Å². The number of halogens is 1. The molecule has 1 aromatic carbocycles. The lowest BCUT2D eigenvalue weighted by molar-refractivity contribution is 0.0694. The maximum atomic E-state index is 13.0. The number of carbonyl (C=O) groups is 1. The van der Waals surface area contributed by atoms with E-state index < -0.39 is 22.9 Å². The van der Waals surface area contributed by atoms with Crippen LogP contribution in [-0.2, 0) is 0 Å². The second kappa shape index (κ2) is 4.17. The molecule has 0 aliphatic heterocycles. The number of aromatic nitrogens is 2. The van der Waals surface area contributed by atoms with Gasteiger partial charge in [-0.2, -0.15) is 4.98 Å². The van der Waals surface area contributed by atoms with Gasteiger partial charge in [-0.25, -0.2) is 9.18 Å². The summed E-state index contributed by atoms with van der Waals surface area (Å²) in [4.78, 5) is 25.3. The molecule has 0 saturated carbocycles. The van der Waals surface area contributed by atoms with E-state index in [2.05, 4.69) is 4.98 Å². The number of carboxylic acids is 1. The summed E-state index contributed by atoms with van der Waals surface area (Å²) in [5, 5.41) is 8.76. The van der Waals surface area contributed by atoms with Crippen LogP contribution >= 0.6 is 0 Å². The van der Waals surface area contributed by atoms with Crippen LogP contribution in [0.25, 0.3) is 5.69 Å². The Bertz CT molecular complexity index is 637. The third-order valence-electron chi connectivity index (χ3n) is 2.13. The van der Waals surface area contributed by atoms with E-state index in [4.69, 9.17) is 5.11 Å². The molecular weight excluding hydrogens is 227 g/mol. The molecule has 2 aromatic rings. The molecule has 86 valence electrons. The van der Waals surface area contributed by atoms with Crippen LogP contribution in [-0.4, -0.2) is 20.6 Å². The molecule has 0 atom stereocenters. The number of hydrogen-bond donors (Lipinski definition) is 1. The Kier molecular flexibility index (Phi) is 2.70. The highest BCUT2D eigenvalue weighted by Crippen LogP contribution is 2.08. The zero-order valence-corrected chi connectivity index (χ0v) is 8.50. The first-order valence-corrected chi connectivity index (χ1v) is 4.65. The van der Waals surface area contributed by atoms with Gasteiger partial charge in [0.2, 0.25) is 0 Å². The third-order valence-corrected chi connectivity index (χ3v) is 2.13.